The van der Waals surface area contributed by atoms with Gasteiger partial charge in [0.05, 0.1) is 20.2 Å². The van der Waals surface area contributed by atoms with Crippen molar-refractivity contribution in [1.29, 1.82) is 0 Å². The smallest absolute Gasteiger partial charge is 0.191 e. The van der Waals surface area contributed by atoms with Crippen LogP contribution in [0.15, 0.2) is 47.6 Å². The number of guanidine groups is 1. The van der Waals surface area contributed by atoms with Crippen LogP contribution in [0.25, 0.3) is 0 Å². The van der Waals surface area contributed by atoms with Crippen LogP contribution >= 0.6 is 0 Å². The molecular formula is C22H31N5O2. The van der Waals surface area contributed by atoms with Gasteiger partial charge < -0.3 is 25.0 Å². The summed E-state index contributed by atoms with van der Waals surface area (Å²) in [4.78, 5) is 11.5. The molecule has 1 aliphatic rings. The first-order valence-corrected chi connectivity index (χ1v) is 10.3. The molecule has 0 amide bonds. The van der Waals surface area contributed by atoms with Crippen molar-refractivity contribution in [3.63, 3.8) is 0 Å². The molecule has 1 aromatic carbocycles. The highest BCUT2D eigenvalue weighted by Gasteiger charge is 2.13. The van der Waals surface area contributed by atoms with Crippen LogP contribution in [0.2, 0.25) is 0 Å². The van der Waals surface area contributed by atoms with Gasteiger partial charge >= 0.3 is 0 Å². The van der Waals surface area contributed by atoms with Crippen LogP contribution in [0.5, 0.6) is 11.5 Å². The number of pyridine rings is 1. The van der Waals surface area contributed by atoms with E-state index in [4.69, 9.17) is 14.5 Å². The Morgan fingerprint density at radius 2 is 1.86 bits per heavy atom. The number of hydrogen-bond donors (Lipinski definition) is 2. The summed E-state index contributed by atoms with van der Waals surface area (Å²) in [5.41, 5.74) is 1.16. The fourth-order valence-corrected chi connectivity index (χ4v) is 3.20. The lowest BCUT2D eigenvalue weighted by Crippen LogP contribution is -2.39. The molecule has 0 spiro atoms. The zero-order chi connectivity index (χ0) is 20.3. The lowest BCUT2D eigenvalue weighted by atomic mass is 10.2. The minimum Gasteiger partial charge on any atom is -0.497 e. The number of nitrogens with one attached hydrogen (secondary N) is 2. The monoisotopic (exact) mass is 397 g/mol. The zero-order valence-electron chi connectivity index (χ0n) is 17.4. The largest absolute Gasteiger partial charge is 0.497 e. The summed E-state index contributed by atoms with van der Waals surface area (Å²) in [7, 11) is 1.65. The summed E-state index contributed by atoms with van der Waals surface area (Å²) in [6, 6.07) is 11.8. The van der Waals surface area contributed by atoms with E-state index >= 15 is 0 Å². The highest BCUT2D eigenvalue weighted by atomic mass is 16.5. The van der Waals surface area contributed by atoms with Gasteiger partial charge in [-0.05, 0) is 61.7 Å². The molecule has 0 radical (unpaired) electrons. The van der Waals surface area contributed by atoms with Crippen molar-refractivity contribution in [2.24, 2.45) is 4.99 Å². The Hall–Kier alpha value is -2.96. The molecular weight excluding hydrogens is 366 g/mol. The van der Waals surface area contributed by atoms with Crippen LogP contribution in [0.3, 0.4) is 0 Å². The van der Waals surface area contributed by atoms with E-state index in [1.165, 1.54) is 12.8 Å². The van der Waals surface area contributed by atoms with Crippen molar-refractivity contribution in [2.45, 2.75) is 26.3 Å². The van der Waals surface area contributed by atoms with Gasteiger partial charge in [0.2, 0.25) is 0 Å². The molecule has 7 nitrogen and oxygen atoms in total. The third-order valence-corrected chi connectivity index (χ3v) is 4.73. The van der Waals surface area contributed by atoms with Crippen LogP contribution in [-0.2, 0) is 6.54 Å². The van der Waals surface area contributed by atoms with Gasteiger partial charge in [-0.15, -0.1) is 0 Å². The summed E-state index contributed by atoms with van der Waals surface area (Å²) in [6.07, 6.45) is 4.37. The predicted octanol–water partition coefficient (Wildman–Crippen LogP) is 2.82. The lowest BCUT2D eigenvalue weighted by molar-refractivity contribution is 0.321. The maximum Gasteiger partial charge on any atom is 0.191 e. The van der Waals surface area contributed by atoms with Crippen molar-refractivity contribution in [2.75, 3.05) is 44.8 Å². The number of anilines is 1. The van der Waals surface area contributed by atoms with E-state index in [0.717, 1.165) is 48.5 Å². The van der Waals surface area contributed by atoms with Crippen molar-refractivity contribution < 1.29 is 9.47 Å². The fraction of sp³-hybridized carbons (Fsp3) is 0.455. The van der Waals surface area contributed by atoms with E-state index < -0.39 is 0 Å². The maximum atomic E-state index is 5.75. The summed E-state index contributed by atoms with van der Waals surface area (Å²) in [6.45, 7) is 6.87. The van der Waals surface area contributed by atoms with Crippen molar-refractivity contribution in [3.05, 3.63) is 48.2 Å². The van der Waals surface area contributed by atoms with Crippen molar-refractivity contribution in [3.8, 4) is 11.5 Å². The summed E-state index contributed by atoms with van der Waals surface area (Å²) in [5, 5.41) is 6.59. The Morgan fingerprint density at radius 3 is 2.59 bits per heavy atom. The maximum absolute atomic E-state index is 5.75. The number of aromatic nitrogens is 1. The summed E-state index contributed by atoms with van der Waals surface area (Å²) in [5.74, 6) is 3.48. The SMILES string of the molecule is CCNC(=NCc1ccnc(N2CCCC2)c1)NCCOc1ccc(OC)cc1. The van der Waals surface area contributed by atoms with E-state index in [-0.39, 0.29) is 0 Å². The molecule has 2 aromatic rings. The number of ether oxygens (including phenoxy) is 2. The Bertz CT molecular complexity index is 773. The third kappa shape index (κ3) is 6.55. The van der Waals surface area contributed by atoms with E-state index in [9.17, 15) is 0 Å². The van der Waals surface area contributed by atoms with Crippen molar-refractivity contribution >= 4 is 11.8 Å². The van der Waals surface area contributed by atoms with E-state index in [0.29, 0.717) is 19.7 Å². The van der Waals surface area contributed by atoms with Crippen LogP contribution < -0.4 is 25.0 Å². The van der Waals surface area contributed by atoms with Crippen LogP contribution in [0, 0.1) is 0 Å². The Morgan fingerprint density at radius 1 is 1.10 bits per heavy atom. The molecule has 1 aliphatic heterocycles. The molecule has 2 N–H and O–H groups in total. The topological polar surface area (TPSA) is 71.0 Å². The standard InChI is InChI=1S/C22H31N5O2/c1-3-23-22(25-12-15-29-20-8-6-19(28-2)7-9-20)26-17-18-10-11-24-21(16-18)27-13-4-5-14-27/h6-11,16H,3-5,12-15,17H2,1-2H3,(H2,23,25,26). The number of hydrogen-bond acceptors (Lipinski definition) is 5. The zero-order valence-corrected chi connectivity index (χ0v) is 17.4. The van der Waals surface area contributed by atoms with E-state index in [1.807, 2.05) is 36.5 Å². The molecule has 3 rings (SSSR count). The molecule has 0 aliphatic carbocycles. The first-order valence-electron chi connectivity index (χ1n) is 10.3. The molecule has 1 saturated heterocycles. The third-order valence-electron chi connectivity index (χ3n) is 4.73. The van der Waals surface area contributed by atoms with Gasteiger partial charge in [-0.1, -0.05) is 0 Å². The van der Waals surface area contributed by atoms with Gasteiger partial charge in [0.1, 0.15) is 23.9 Å². The highest BCUT2D eigenvalue weighted by Crippen LogP contribution is 2.19. The second kappa shape index (κ2) is 11.1. The molecule has 1 aromatic heterocycles. The van der Waals surface area contributed by atoms with Crippen LogP contribution in [-0.4, -0.2) is 50.8 Å². The molecule has 0 saturated carbocycles. The average Bonchev–Trinajstić information content (AvgIpc) is 3.30. The molecule has 29 heavy (non-hydrogen) atoms. The number of methoxy groups -OCH3 is 1. The van der Waals surface area contributed by atoms with Gasteiger partial charge in [0, 0.05) is 25.8 Å². The minimum absolute atomic E-state index is 0.547. The predicted molar refractivity (Wildman–Crippen MR) is 117 cm³/mol. The summed E-state index contributed by atoms with van der Waals surface area (Å²) < 4.78 is 10.9. The number of aliphatic imine (C=N–C) groups is 1. The van der Waals surface area contributed by atoms with Gasteiger partial charge in [-0.25, -0.2) is 9.98 Å². The summed E-state index contributed by atoms with van der Waals surface area (Å²) >= 11 is 0. The van der Waals surface area contributed by atoms with Gasteiger partial charge in [0.25, 0.3) is 0 Å². The second-order valence-electron chi connectivity index (χ2n) is 6.86. The van der Waals surface area contributed by atoms with Crippen LogP contribution in [0.4, 0.5) is 5.82 Å². The molecule has 156 valence electrons. The number of rotatable bonds is 9. The molecule has 2 heterocycles. The highest BCUT2D eigenvalue weighted by molar-refractivity contribution is 5.79. The van der Waals surface area contributed by atoms with Gasteiger partial charge in [-0.3, -0.25) is 0 Å². The molecule has 0 unspecified atom stereocenters. The quantitative estimate of drug-likeness (QED) is 0.385. The number of nitrogens with zero attached hydrogens (tertiary/aromatic N) is 3. The molecule has 0 bridgehead atoms. The Labute approximate surface area is 173 Å². The first kappa shape index (κ1) is 20.8. The second-order valence-corrected chi connectivity index (χ2v) is 6.86. The van der Waals surface area contributed by atoms with E-state index in [1.54, 1.807) is 7.11 Å². The minimum atomic E-state index is 0.547. The normalized spacial score (nSPS) is 14.0. The average molecular weight is 398 g/mol. The molecule has 0 atom stereocenters. The molecule has 1 fully saturated rings. The first-order chi connectivity index (χ1) is 14.3. The van der Waals surface area contributed by atoms with Crippen LogP contribution in [0.1, 0.15) is 25.3 Å². The number of benzene rings is 1. The lowest BCUT2D eigenvalue weighted by Gasteiger charge is -2.16. The fourth-order valence-electron chi connectivity index (χ4n) is 3.20. The Balaban J connectivity index is 1.48. The Kier molecular flexibility index (Phi) is 7.98. The van der Waals surface area contributed by atoms with Crippen molar-refractivity contribution in [1.82, 2.24) is 15.6 Å². The van der Waals surface area contributed by atoms with Gasteiger partial charge in [0.15, 0.2) is 5.96 Å². The van der Waals surface area contributed by atoms with Gasteiger partial charge in [-0.2, -0.15) is 0 Å². The van der Waals surface area contributed by atoms with E-state index in [2.05, 4.69) is 33.5 Å². The molecule has 7 heteroatoms.